The van der Waals surface area contributed by atoms with Gasteiger partial charge in [-0.3, -0.25) is 4.79 Å². The minimum absolute atomic E-state index is 0.0594. The Kier molecular flexibility index (Phi) is 3.11. The van der Waals surface area contributed by atoms with Crippen LogP contribution in [-0.4, -0.2) is 65.6 Å². The minimum atomic E-state index is -3.13. The highest BCUT2D eigenvalue weighted by molar-refractivity contribution is 7.88. The molecule has 1 aromatic heterocycles. The second kappa shape index (κ2) is 4.47. The van der Waals surface area contributed by atoms with Gasteiger partial charge in [-0.05, 0) is 24.9 Å². The highest BCUT2D eigenvalue weighted by atomic mass is 32.2. The van der Waals surface area contributed by atoms with Gasteiger partial charge in [0.2, 0.25) is 10.0 Å². The molecule has 0 N–H and O–H groups in total. The Morgan fingerprint density at radius 2 is 2.05 bits per heavy atom. The molecule has 0 aliphatic carbocycles. The van der Waals surface area contributed by atoms with E-state index in [2.05, 4.69) is 9.59 Å². The number of nitrogens with zero attached hydrogens (tertiary/aromatic N) is 4. The van der Waals surface area contributed by atoms with Crippen LogP contribution in [0.4, 0.5) is 0 Å². The average molecular weight is 316 g/mol. The highest BCUT2D eigenvalue weighted by Crippen LogP contribution is 2.40. The molecule has 7 nitrogen and oxygen atoms in total. The molecule has 0 unspecified atom stereocenters. The van der Waals surface area contributed by atoms with E-state index in [0.717, 1.165) is 11.3 Å². The van der Waals surface area contributed by atoms with Crippen LogP contribution in [0.2, 0.25) is 0 Å². The summed E-state index contributed by atoms with van der Waals surface area (Å²) in [6.07, 6.45) is 2.05. The van der Waals surface area contributed by atoms with E-state index in [0.29, 0.717) is 31.9 Å². The van der Waals surface area contributed by atoms with E-state index in [-0.39, 0.29) is 11.3 Å². The van der Waals surface area contributed by atoms with Crippen LogP contribution in [0.5, 0.6) is 0 Å². The molecule has 0 bridgehead atoms. The van der Waals surface area contributed by atoms with E-state index in [1.165, 1.54) is 22.1 Å². The van der Waals surface area contributed by atoms with Crippen molar-refractivity contribution in [1.29, 1.82) is 0 Å². The summed E-state index contributed by atoms with van der Waals surface area (Å²) in [7, 11) is -3.13. The lowest BCUT2D eigenvalue weighted by Crippen LogP contribution is -2.59. The number of rotatable bonds is 2. The second-order valence-corrected chi connectivity index (χ2v) is 8.63. The van der Waals surface area contributed by atoms with E-state index in [1.54, 1.807) is 4.90 Å². The number of likely N-dealkylation sites (tertiary alicyclic amines) is 1. The third kappa shape index (κ3) is 2.23. The summed E-state index contributed by atoms with van der Waals surface area (Å²) in [4.78, 5) is 14.8. The van der Waals surface area contributed by atoms with Crippen molar-refractivity contribution in [3.05, 3.63) is 10.6 Å². The van der Waals surface area contributed by atoms with Gasteiger partial charge in [0.05, 0.1) is 11.1 Å². The molecule has 20 heavy (non-hydrogen) atoms. The zero-order valence-electron chi connectivity index (χ0n) is 11.4. The molecule has 0 saturated carbocycles. The summed E-state index contributed by atoms with van der Waals surface area (Å²) < 4.78 is 28.4. The Labute approximate surface area is 121 Å². The number of hydrogen-bond acceptors (Lipinski definition) is 6. The van der Waals surface area contributed by atoms with E-state index >= 15 is 0 Å². The molecule has 2 aliphatic heterocycles. The topological polar surface area (TPSA) is 83.5 Å². The fraction of sp³-hybridized carbons (Fsp3) is 0.727. The van der Waals surface area contributed by atoms with Gasteiger partial charge in [0, 0.05) is 31.6 Å². The van der Waals surface area contributed by atoms with Crippen molar-refractivity contribution in [2.24, 2.45) is 5.41 Å². The van der Waals surface area contributed by atoms with Crippen LogP contribution in [0.3, 0.4) is 0 Å². The average Bonchev–Trinajstić information content (AvgIpc) is 2.91. The largest absolute Gasteiger partial charge is 0.336 e. The fourth-order valence-electron chi connectivity index (χ4n) is 2.92. The first-order valence-electron chi connectivity index (χ1n) is 6.34. The van der Waals surface area contributed by atoms with Crippen molar-refractivity contribution < 1.29 is 13.2 Å². The molecule has 0 aromatic carbocycles. The minimum Gasteiger partial charge on any atom is -0.336 e. The third-order valence-electron chi connectivity index (χ3n) is 4.07. The van der Waals surface area contributed by atoms with Gasteiger partial charge < -0.3 is 4.90 Å². The van der Waals surface area contributed by atoms with Crippen LogP contribution in [0, 0.1) is 12.3 Å². The first-order chi connectivity index (χ1) is 9.31. The number of amides is 1. The number of sulfonamides is 1. The van der Waals surface area contributed by atoms with Gasteiger partial charge in [0.25, 0.3) is 5.91 Å². The lowest BCUT2D eigenvalue weighted by Gasteiger charge is -2.47. The summed E-state index contributed by atoms with van der Waals surface area (Å²) >= 11 is 1.22. The van der Waals surface area contributed by atoms with Crippen molar-refractivity contribution in [1.82, 2.24) is 18.8 Å². The molecule has 9 heteroatoms. The maximum atomic E-state index is 12.2. The van der Waals surface area contributed by atoms with Crippen LogP contribution >= 0.6 is 11.5 Å². The molecule has 3 heterocycles. The van der Waals surface area contributed by atoms with Crippen molar-refractivity contribution >= 4 is 27.5 Å². The van der Waals surface area contributed by atoms with E-state index in [4.69, 9.17) is 0 Å². The molecule has 2 fully saturated rings. The Bertz CT molecular complexity index is 648. The molecule has 2 aliphatic rings. The molecular formula is C11H16N4O3S2. The molecule has 1 spiro atoms. The fourth-order valence-corrected chi connectivity index (χ4v) is 4.31. The van der Waals surface area contributed by atoms with Gasteiger partial charge in [-0.15, -0.1) is 5.10 Å². The third-order valence-corrected chi connectivity index (χ3v) is 5.95. The summed E-state index contributed by atoms with van der Waals surface area (Å²) in [6.45, 7) is 4.11. The predicted octanol–water partition coefficient (Wildman–Crippen LogP) is -0.0460. The number of aryl methyl sites for hydroxylation is 1. The van der Waals surface area contributed by atoms with E-state index in [9.17, 15) is 13.2 Å². The van der Waals surface area contributed by atoms with Gasteiger partial charge in [-0.25, -0.2) is 12.7 Å². The SMILES string of the molecule is Cc1snnc1C(=O)N1CC2(CCN(S(C)(=O)=O)C2)C1. The van der Waals surface area contributed by atoms with Gasteiger partial charge in [0.1, 0.15) is 0 Å². The number of carbonyl (C=O) groups excluding carboxylic acids is 1. The maximum absolute atomic E-state index is 12.2. The van der Waals surface area contributed by atoms with Crippen molar-refractivity contribution in [2.45, 2.75) is 13.3 Å². The molecule has 0 radical (unpaired) electrons. The molecule has 2 saturated heterocycles. The number of carbonyl (C=O) groups is 1. The smallest absolute Gasteiger partial charge is 0.275 e. The van der Waals surface area contributed by atoms with Crippen LogP contribution in [-0.2, 0) is 10.0 Å². The van der Waals surface area contributed by atoms with Crippen molar-refractivity contribution in [2.75, 3.05) is 32.4 Å². The molecule has 1 amide bonds. The summed E-state index contributed by atoms with van der Waals surface area (Å²) in [6, 6.07) is 0. The lowest BCUT2D eigenvalue weighted by molar-refractivity contribution is 0.0131. The van der Waals surface area contributed by atoms with Crippen molar-refractivity contribution in [3.8, 4) is 0 Å². The van der Waals surface area contributed by atoms with Crippen LogP contribution in [0.25, 0.3) is 0 Å². The van der Waals surface area contributed by atoms with Crippen LogP contribution < -0.4 is 0 Å². The highest BCUT2D eigenvalue weighted by Gasteiger charge is 2.51. The quantitative estimate of drug-likeness (QED) is 0.764. The Balaban J connectivity index is 1.65. The van der Waals surface area contributed by atoms with Crippen LogP contribution in [0.15, 0.2) is 0 Å². The molecule has 0 atom stereocenters. The molecule has 3 rings (SSSR count). The number of hydrogen-bond donors (Lipinski definition) is 0. The zero-order valence-corrected chi connectivity index (χ0v) is 13.0. The Morgan fingerprint density at radius 3 is 2.55 bits per heavy atom. The number of aromatic nitrogens is 2. The van der Waals surface area contributed by atoms with Crippen molar-refractivity contribution in [3.63, 3.8) is 0 Å². The van der Waals surface area contributed by atoms with Gasteiger partial charge in [0.15, 0.2) is 5.69 Å². The molecular weight excluding hydrogens is 300 g/mol. The molecule has 110 valence electrons. The summed E-state index contributed by atoms with van der Waals surface area (Å²) in [5, 5.41) is 3.86. The van der Waals surface area contributed by atoms with Gasteiger partial charge in [-0.1, -0.05) is 4.49 Å². The standard InChI is InChI=1S/C11H16N4O3S2/c1-8-9(12-13-19-8)10(16)14-5-11(6-14)3-4-15(7-11)20(2,17)18/h3-7H2,1-2H3. The monoisotopic (exact) mass is 316 g/mol. The van der Waals surface area contributed by atoms with Gasteiger partial charge >= 0.3 is 0 Å². The predicted molar refractivity (Wildman–Crippen MR) is 74.0 cm³/mol. The van der Waals surface area contributed by atoms with Crippen LogP contribution in [0.1, 0.15) is 21.8 Å². The first-order valence-corrected chi connectivity index (χ1v) is 8.96. The van der Waals surface area contributed by atoms with Gasteiger partial charge in [-0.2, -0.15) is 0 Å². The second-order valence-electron chi connectivity index (χ2n) is 5.69. The zero-order chi connectivity index (χ0) is 14.5. The summed E-state index contributed by atoms with van der Waals surface area (Å²) in [5.41, 5.74) is 0.360. The van der Waals surface area contributed by atoms with E-state index in [1.807, 2.05) is 6.92 Å². The Morgan fingerprint density at radius 1 is 1.35 bits per heavy atom. The summed E-state index contributed by atoms with van der Waals surface area (Å²) in [5.74, 6) is -0.0975. The van der Waals surface area contributed by atoms with E-state index < -0.39 is 10.0 Å². The lowest BCUT2D eigenvalue weighted by atomic mass is 9.79. The normalized spacial score (nSPS) is 22.2. The maximum Gasteiger partial charge on any atom is 0.275 e. The molecule has 1 aromatic rings. The Hall–Kier alpha value is -1.06. The first kappa shape index (κ1) is 13.9.